The molecule has 9 nitrogen and oxygen atoms in total. The van der Waals surface area contributed by atoms with Crippen LogP contribution >= 0.6 is 0 Å². The standard InChI is InChI=1S/C12H23NO8S/c1-6(14)13-8-10(16)9(15)7(5-20-22(17,18)19)21-11(8)12(2,3)4/h7-11,15-16H,5H2,1-4H3,(H,13,14)(H,17,18,19). The molecule has 130 valence electrons. The lowest BCUT2D eigenvalue weighted by molar-refractivity contribution is -0.215. The van der Waals surface area contributed by atoms with Gasteiger partial charge in [-0.1, -0.05) is 20.8 Å². The minimum atomic E-state index is -4.69. The number of amides is 1. The second kappa shape index (κ2) is 6.77. The highest BCUT2D eigenvalue weighted by molar-refractivity contribution is 7.80. The lowest BCUT2D eigenvalue weighted by Gasteiger charge is -2.47. The van der Waals surface area contributed by atoms with E-state index in [-0.39, 0.29) is 0 Å². The van der Waals surface area contributed by atoms with E-state index in [4.69, 9.17) is 9.29 Å². The largest absolute Gasteiger partial charge is 0.397 e. The van der Waals surface area contributed by atoms with Crippen LogP contribution in [0.2, 0.25) is 0 Å². The Morgan fingerprint density at radius 2 is 1.82 bits per heavy atom. The fraction of sp³-hybridized carbons (Fsp3) is 0.917. The second-order valence-corrected chi connectivity index (χ2v) is 7.47. The van der Waals surface area contributed by atoms with E-state index in [0.29, 0.717) is 0 Å². The molecule has 5 unspecified atom stereocenters. The Morgan fingerprint density at radius 3 is 2.23 bits per heavy atom. The Bertz CT molecular complexity index is 500. The average molecular weight is 341 g/mol. The zero-order valence-corrected chi connectivity index (χ0v) is 13.7. The van der Waals surface area contributed by atoms with E-state index >= 15 is 0 Å². The molecular formula is C12H23NO8S. The second-order valence-electron chi connectivity index (χ2n) is 6.38. The van der Waals surface area contributed by atoms with Crippen LogP contribution in [0.4, 0.5) is 0 Å². The van der Waals surface area contributed by atoms with Crippen molar-refractivity contribution in [3.8, 4) is 0 Å². The van der Waals surface area contributed by atoms with E-state index in [1.54, 1.807) is 20.8 Å². The Balaban J connectivity index is 2.97. The van der Waals surface area contributed by atoms with Gasteiger partial charge in [0.1, 0.15) is 18.3 Å². The van der Waals surface area contributed by atoms with Crippen LogP contribution in [0.15, 0.2) is 0 Å². The molecule has 0 aliphatic carbocycles. The summed E-state index contributed by atoms with van der Waals surface area (Å²) < 4.78 is 39.7. The molecule has 1 aliphatic rings. The van der Waals surface area contributed by atoms with Gasteiger partial charge in [0.25, 0.3) is 0 Å². The number of hydrogen-bond acceptors (Lipinski definition) is 7. The molecule has 22 heavy (non-hydrogen) atoms. The number of aliphatic hydroxyl groups is 2. The zero-order chi connectivity index (χ0) is 17.3. The zero-order valence-electron chi connectivity index (χ0n) is 12.9. The number of hydrogen-bond donors (Lipinski definition) is 4. The Kier molecular flexibility index (Phi) is 5.93. The minimum absolute atomic E-state index is 0.401. The topological polar surface area (TPSA) is 142 Å². The molecule has 4 N–H and O–H groups in total. The predicted octanol–water partition coefficient (Wildman–Crippen LogP) is -1.15. The van der Waals surface area contributed by atoms with Crippen LogP contribution in [-0.2, 0) is 24.1 Å². The number of aliphatic hydroxyl groups excluding tert-OH is 2. The molecule has 0 aromatic rings. The molecule has 1 fully saturated rings. The van der Waals surface area contributed by atoms with Crippen molar-refractivity contribution in [2.45, 2.75) is 58.2 Å². The van der Waals surface area contributed by atoms with Crippen LogP contribution in [0.25, 0.3) is 0 Å². The normalized spacial score (nSPS) is 33.5. The summed E-state index contributed by atoms with van der Waals surface area (Å²) in [6.07, 6.45) is -4.75. The maximum atomic E-state index is 11.3. The van der Waals surface area contributed by atoms with Gasteiger partial charge in [0.2, 0.25) is 5.91 Å². The lowest BCUT2D eigenvalue weighted by Crippen LogP contribution is -2.66. The Hall–Kier alpha value is -0.780. The van der Waals surface area contributed by atoms with Crippen molar-refractivity contribution in [1.29, 1.82) is 0 Å². The lowest BCUT2D eigenvalue weighted by atomic mass is 9.78. The quantitative estimate of drug-likeness (QED) is 0.469. The van der Waals surface area contributed by atoms with Gasteiger partial charge in [-0.3, -0.25) is 9.35 Å². The van der Waals surface area contributed by atoms with Crippen LogP contribution in [-0.4, -0.2) is 66.2 Å². The van der Waals surface area contributed by atoms with E-state index in [1.807, 2.05) is 0 Å². The van der Waals surface area contributed by atoms with Crippen molar-refractivity contribution in [3.63, 3.8) is 0 Å². The van der Waals surface area contributed by atoms with Crippen molar-refractivity contribution < 1.29 is 36.9 Å². The SMILES string of the molecule is CC(=O)NC1C(O)C(O)C(COS(=O)(=O)O)OC1C(C)(C)C. The van der Waals surface area contributed by atoms with Crippen molar-refractivity contribution in [1.82, 2.24) is 5.32 Å². The van der Waals surface area contributed by atoms with Crippen LogP contribution in [0, 0.1) is 5.41 Å². The smallest absolute Gasteiger partial charge is 0.388 e. The number of carbonyl (C=O) groups excluding carboxylic acids is 1. The van der Waals surface area contributed by atoms with Crippen LogP contribution < -0.4 is 5.32 Å². The van der Waals surface area contributed by atoms with E-state index in [0.717, 1.165) is 0 Å². The summed E-state index contributed by atoms with van der Waals surface area (Å²) >= 11 is 0. The molecule has 1 aliphatic heterocycles. The van der Waals surface area contributed by atoms with Crippen LogP contribution in [0.1, 0.15) is 27.7 Å². The van der Waals surface area contributed by atoms with Crippen LogP contribution in [0.3, 0.4) is 0 Å². The van der Waals surface area contributed by atoms with Crippen molar-refractivity contribution in [2.75, 3.05) is 6.61 Å². The molecule has 0 aromatic carbocycles. The van der Waals surface area contributed by atoms with Crippen molar-refractivity contribution >= 4 is 16.3 Å². The van der Waals surface area contributed by atoms with Gasteiger partial charge < -0.3 is 20.3 Å². The van der Waals surface area contributed by atoms with Crippen molar-refractivity contribution in [3.05, 3.63) is 0 Å². The Morgan fingerprint density at radius 1 is 1.27 bits per heavy atom. The van der Waals surface area contributed by atoms with E-state index in [9.17, 15) is 23.4 Å². The molecule has 0 bridgehead atoms. The monoisotopic (exact) mass is 341 g/mol. The summed E-state index contributed by atoms with van der Waals surface area (Å²) in [5.74, 6) is -0.401. The fourth-order valence-corrected chi connectivity index (χ4v) is 2.70. The third-order valence-corrected chi connectivity index (χ3v) is 3.78. The molecule has 0 radical (unpaired) electrons. The highest BCUT2D eigenvalue weighted by Crippen LogP contribution is 2.33. The van der Waals surface area contributed by atoms with E-state index < -0.39 is 58.8 Å². The van der Waals surface area contributed by atoms with Gasteiger partial charge in [0.15, 0.2) is 0 Å². The van der Waals surface area contributed by atoms with Crippen LogP contribution in [0.5, 0.6) is 0 Å². The predicted molar refractivity (Wildman–Crippen MR) is 75.2 cm³/mol. The summed E-state index contributed by atoms with van der Waals surface area (Å²) in [5, 5.41) is 22.8. The first kappa shape index (κ1) is 19.3. The maximum Gasteiger partial charge on any atom is 0.397 e. The van der Waals surface area contributed by atoms with Gasteiger partial charge in [0.05, 0.1) is 18.8 Å². The minimum Gasteiger partial charge on any atom is -0.388 e. The summed E-state index contributed by atoms with van der Waals surface area (Å²) in [6.45, 7) is 6.02. The molecular weight excluding hydrogens is 318 g/mol. The number of carbonyl (C=O) groups is 1. The first-order valence-corrected chi connectivity index (χ1v) is 8.10. The molecule has 1 heterocycles. The van der Waals surface area contributed by atoms with Gasteiger partial charge in [-0.05, 0) is 5.41 Å². The average Bonchev–Trinajstić information content (AvgIpc) is 2.31. The first-order valence-electron chi connectivity index (χ1n) is 6.73. The molecule has 1 amide bonds. The molecule has 0 aromatic heterocycles. The van der Waals surface area contributed by atoms with Crippen molar-refractivity contribution in [2.24, 2.45) is 5.41 Å². The van der Waals surface area contributed by atoms with Gasteiger partial charge in [-0.2, -0.15) is 8.42 Å². The van der Waals surface area contributed by atoms with Gasteiger partial charge in [-0.15, -0.1) is 0 Å². The number of ether oxygens (including phenoxy) is 1. The maximum absolute atomic E-state index is 11.3. The first-order chi connectivity index (χ1) is 9.83. The van der Waals surface area contributed by atoms with E-state index in [2.05, 4.69) is 9.50 Å². The summed E-state index contributed by atoms with van der Waals surface area (Å²) in [7, 11) is -4.69. The van der Waals surface area contributed by atoms with Gasteiger partial charge >= 0.3 is 10.4 Å². The Labute approximate surface area is 129 Å². The molecule has 10 heteroatoms. The molecule has 5 atom stereocenters. The third kappa shape index (κ3) is 5.14. The molecule has 1 saturated heterocycles. The highest BCUT2D eigenvalue weighted by atomic mass is 32.3. The number of rotatable bonds is 4. The third-order valence-electron chi connectivity index (χ3n) is 3.35. The molecule has 0 saturated carbocycles. The van der Waals surface area contributed by atoms with Gasteiger partial charge in [-0.25, -0.2) is 4.18 Å². The van der Waals surface area contributed by atoms with E-state index in [1.165, 1.54) is 6.92 Å². The summed E-state index contributed by atoms with van der Waals surface area (Å²) in [4.78, 5) is 11.3. The summed E-state index contributed by atoms with van der Waals surface area (Å²) in [6, 6.07) is -0.866. The summed E-state index contributed by atoms with van der Waals surface area (Å²) in [5.41, 5.74) is -0.523. The number of nitrogens with one attached hydrogen (secondary N) is 1. The molecule has 0 spiro atoms. The molecule has 1 rings (SSSR count). The van der Waals surface area contributed by atoms with Gasteiger partial charge in [0, 0.05) is 6.92 Å². The fourth-order valence-electron chi connectivity index (χ4n) is 2.39. The highest BCUT2D eigenvalue weighted by Gasteiger charge is 2.49.